The molecule has 4 nitrogen and oxygen atoms in total. The molecule has 5 heteroatoms. The average molecular weight is 354 g/mol. The molecule has 1 aromatic rings. The molecule has 1 aliphatic rings. The Kier molecular flexibility index (Phi) is 5.65. The summed E-state index contributed by atoms with van der Waals surface area (Å²) in [5.74, 6) is 0.237. The number of piperidine rings is 1. The molecule has 1 heterocycles. The number of benzene rings is 1. The van der Waals surface area contributed by atoms with Gasteiger partial charge in [0.2, 0.25) is 0 Å². The van der Waals surface area contributed by atoms with Gasteiger partial charge in [0.05, 0.1) is 11.3 Å². The third-order valence-electron chi connectivity index (χ3n) is 3.91. The Morgan fingerprint density at radius 1 is 1.52 bits per heavy atom. The highest BCUT2D eigenvalue weighted by Crippen LogP contribution is 2.30. The molecule has 0 radical (unpaired) electrons. The second kappa shape index (κ2) is 7.27. The van der Waals surface area contributed by atoms with Gasteiger partial charge in [-0.15, -0.1) is 0 Å². The predicted octanol–water partition coefficient (Wildman–Crippen LogP) is 2.76. The molecule has 0 aromatic heterocycles. The summed E-state index contributed by atoms with van der Waals surface area (Å²) < 4.78 is 0.773. The van der Waals surface area contributed by atoms with Crippen LogP contribution in [0.2, 0.25) is 0 Å². The smallest absolute Gasteiger partial charge is 0.251 e. The first kappa shape index (κ1) is 16.3. The van der Waals surface area contributed by atoms with Gasteiger partial charge in [0, 0.05) is 23.6 Å². The molecule has 0 spiro atoms. The van der Waals surface area contributed by atoms with Crippen LogP contribution in [0, 0.1) is 5.92 Å². The lowest BCUT2D eigenvalue weighted by Gasteiger charge is -2.36. The highest BCUT2D eigenvalue weighted by Gasteiger charge is 2.24. The molecule has 1 unspecified atom stereocenters. The van der Waals surface area contributed by atoms with Crippen LogP contribution in [0.25, 0.3) is 0 Å². The number of nitrogens with two attached hydrogens (primary N) is 1. The average Bonchev–Trinajstić information content (AvgIpc) is 2.44. The Bertz CT molecular complexity index is 504. The highest BCUT2D eigenvalue weighted by atomic mass is 79.9. The summed E-state index contributed by atoms with van der Waals surface area (Å²) in [6.45, 7) is 7.31. The summed E-state index contributed by atoms with van der Waals surface area (Å²) in [5, 5.41) is 3.51. The Hall–Kier alpha value is -1.07. The van der Waals surface area contributed by atoms with Crippen molar-refractivity contribution in [2.24, 2.45) is 11.7 Å². The largest absolute Gasteiger partial charge is 0.371 e. The molecule has 0 bridgehead atoms. The fraction of sp³-hybridized carbons (Fsp3) is 0.562. The van der Waals surface area contributed by atoms with Gasteiger partial charge in [-0.05, 0) is 53.4 Å². The SMILES string of the molecule is CC(C)NCC1CCCN(c2cccc(Br)c2C(N)=O)C1. The van der Waals surface area contributed by atoms with Gasteiger partial charge in [0.25, 0.3) is 5.91 Å². The molecule has 0 saturated carbocycles. The molecular formula is C16H24BrN3O. The maximum atomic E-state index is 11.7. The number of anilines is 1. The van der Waals surface area contributed by atoms with Crippen LogP contribution in [0.4, 0.5) is 5.69 Å². The van der Waals surface area contributed by atoms with Gasteiger partial charge < -0.3 is 16.0 Å². The minimum atomic E-state index is -0.375. The van der Waals surface area contributed by atoms with E-state index in [0.29, 0.717) is 17.5 Å². The van der Waals surface area contributed by atoms with Crippen molar-refractivity contribution in [1.29, 1.82) is 0 Å². The van der Waals surface area contributed by atoms with Crippen LogP contribution in [0.1, 0.15) is 37.0 Å². The van der Waals surface area contributed by atoms with Crippen molar-refractivity contribution in [3.8, 4) is 0 Å². The van der Waals surface area contributed by atoms with Crippen molar-refractivity contribution in [3.05, 3.63) is 28.2 Å². The van der Waals surface area contributed by atoms with Crippen molar-refractivity contribution < 1.29 is 4.79 Å². The lowest BCUT2D eigenvalue weighted by atomic mass is 9.96. The van der Waals surface area contributed by atoms with Gasteiger partial charge in [-0.1, -0.05) is 19.9 Å². The standard InChI is InChI=1S/C16H24BrN3O/c1-11(2)19-9-12-5-4-8-20(10-12)14-7-3-6-13(17)15(14)16(18)21/h3,6-7,11-12,19H,4-5,8-10H2,1-2H3,(H2,18,21). The minimum absolute atomic E-state index is 0.375. The number of amides is 1. The monoisotopic (exact) mass is 353 g/mol. The number of rotatable bonds is 5. The van der Waals surface area contributed by atoms with Crippen LogP contribution in [0.15, 0.2) is 22.7 Å². The van der Waals surface area contributed by atoms with Crippen LogP contribution in [0.3, 0.4) is 0 Å². The highest BCUT2D eigenvalue weighted by molar-refractivity contribution is 9.10. The van der Waals surface area contributed by atoms with Crippen molar-refractivity contribution in [2.45, 2.75) is 32.7 Å². The molecule has 2 rings (SSSR count). The molecule has 1 amide bonds. The number of hydrogen-bond donors (Lipinski definition) is 2. The summed E-state index contributed by atoms with van der Waals surface area (Å²) in [5.41, 5.74) is 7.09. The third kappa shape index (κ3) is 4.20. The normalized spacial score (nSPS) is 19.0. The van der Waals surface area contributed by atoms with Gasteiger partial charge in [0.15, 0.2) is 0 Å². The lowest BCUT2D eigenvalue weighted by molar-refractivity contribution is 0.1000. The second-order valence-corrected chi connectivity index (χ2v) is 6.87. The number of nitrogens with zero attached hydrogens (tertiary/aromatic N) is 1. The van der Waals surface area contributed by atoms with E-state index in [4.69, 9.17) is 5.73 Å². The van der Waals surface area contributed by atoms with Crippen LogP contribution in [0.5, 0.6) is 0 Å². The van der Waals surface area contributed by atoms with Crippen LogP contribution < -0.4 is 16.0 Å². The summed E-state index contributed by atoms with van der Waals surface area (Å²) in [7, 11) is 0. The molecule has 3 N–H and O–H groups in total. The first-order chi connectivity index (χ1) is 9.99. The van der Waals surface area contributed by atoms with E-state index < -0.39 is 0 Å². The Labute approximate surface area is 135 Å². The summed E-state index contributed by atoms with van der Waals surface area (Å²) in [6.07, 6.45) is 2.38. The molecule has 1 fully saturated rings. The van der Waals surface area contributed by atoms with Gasteiger partial charge in [-0.25, -0.2) is 0 Å². The van der Waals surface area contributed by atoms with Crippen LogP contribution >= 0.6 is 15.9 Å². The van der Waals surface area contributed by atoms with E-state index in [1.165, 1.54) is 6.42 Å². The van der Waals surface area contributed by atoms with Gasteiger partial charge in [-0.2, -0.15) is 0 Å². The van der Waals surface area contributed by atoms with Gasteiger partial charge in [0.1, 0.15) is 0 Å². The predicted molar refractivity (Wildman–Crippen MR) is 90.7 cm³/mol. The summed E-state index contributed by atoms with van der Waals surface area (Å²) in [6, 6.07) is 6.32. The van der Waals surface area contributed by atoms with Crippen molar-refractivity contribution in [3.63, 3.8) is 0 Å². The van der Waals surface area contributed by atoms with Crippen molar-refractivity contribution in [2.75, 3.05) is 24.5 Å². The quantitative estimate of drug-likeness (QED) is 0.855. The number of carbonyl (C=O) groups excluding carboxylic acids is 1. The van der Waals surface area contributed by atoms with Crippen molar-refractivity contribution >= 4 is 27.5 Å². The Balaban J connectivity index is 2.14. The fourth-order valence-electron chi connectivity index (χ4n) is 2.87. The topological polar surface area (TPSA) is 58.4 Å². The van der Waals surface area contributed by atoms with E-state index >= 15 is 0 Å². The number of halogens is 1. The van der Waals surface area contributed by atoms with Crippen molar-refractivity contribution in [1.82, 2.24) is 5.32 Å². The zero-order valence-electron chi connectivity index (χ0n) is 12.7. The number of hydrogen-bond acceptors (Lipinski definition) is 3. The van der Waals surface area contributed by atoms with Gasteiger partial charge in [-0.3, -0.25) is 4.79 Å². The van der Waals surface area contributed by atoms with E-state index in [-0.39, 0.29) is 5.91 Å². The molecular weight excluding hydrogens is 330 g/mol. The van der Waals surface area contributed by atoms with E-state index in [1.807, 2.05) is 18.2 Å². The zero-order valence-corrected chi connectivity index (χ0v) is 14.3. The lowest BCUT2D eigenvalue weighted by Crippen LogP contribution is -2.41. The first-order valence-electron chi connectivity index (χ1n) is 7.55. The number of nitrogens with one attached hydrogen (secondary N) is 1. The summed E-state index contributed by atoms with van der Waals surface area (Å²) >= 11 is 3.44. The summed E-state index contributed by atoms with van der Waals surface area (Å²) in [4.78, 5) is 14.0. The number of carbonyl (C=O) groups is 1. The molecule has 116 valence electrons. The Morgan fingerprint density at radius 2 is 2.29 bits per heavy atom. The molecule has 1 aromatic carbocycles. The zero-order chi connectivity index (χ0) is 15.4. The van der Waals surface area contributed by atoms with E-state index in [1.54, 1.807) is 0 Å². The maximum absolute atomic E-state index is 11.7. The number of primary amides is 1. The minimum Gasteiger partial charge on any atom is -0.371 e. The third-order valence-corrected chi connectivity index (χ3v) is 4.57. The Morgan fingerprint density at radius 3 is 2.95 bits per heavy atom. The fourth-order valence-corrected chi connectivity index (χ4v) is 3.42. The molecule has 21 heavy (non-hydrogen) atoms. The van der Waals surface area contributed by atoms with E-state index in [0.717, 1.165) is 36.2 Å². The van der Waals surface area contributed by atoms with Crippen LogP contribution in [-0.4, -0.2) is 31.6 Å². The van der Waals surface area contributed by atoms with E-state index in [2.05, 4.69) is 40.0 Å². The molecule has 0 aliphatic carbocycles. The molecule has 1 saturated heterocycles. The van der Waals surface area contributed by atoms with E-state index in [9.17, 15) is 4.79 Å². The molecule has 1 aliphatic heterocycles. The maximum Gasteiger partial charge on any atom is 0.251 e. The van der Waals surface area contributed by atoms with Gasteiger partial charge >= 0.3 is 0 Å². The second-order valence-electron chi connectivity index (χ2n) is 6.02. The first-order valence-corrected chi connectivity index (χ1v) is 8.35. The van der Waals surface area contributed by atoms with Crippen LogP contribution in [-0.2, 0) is 0 Å². The molecule has 1 atom stereocenters.